The third-order valence-electron chi connectivity index (χ3n) is 4.78. The van der Waals surface area contributed by atoms with E-state index in [9.17, 15) is 4.79 Å². The fourth-order valence-electron chi connectivity index (χ4n) is 3.31. The van der Waals surface area contributed by atoms with Gasteiger partial charge >= 0.3 is 0 Å². The molecule has 134 valence electrons. The van der Waals surface area contributed by atoms with Crippen molar-refractivity contribution in [3.63, 3.8) is 0 Å². The molecule has 6 nitrogen and oxygen atoms in total. The number of hydrogen-bond acceptors (Lipinski definition) is 4. The Morgan fingerprint density at radius 1 is 1.36 bits per heavy atom. The van der Waals surface area contributed by atoms with Crippen LogP contribution in [0.1, 0.15) is 32.6 Å². The molecule has 7 heteroatoms. The highest BCUT2D eigenvalue weighted by atomic mass is 32.1. The molecule has 1 fully saturated rings. The van der Waals surface area contributed by atoms with Crippen LogP contribution < -0.4 is 4.74 Å². The zero-order chi connectivity index (χ0) is 17.8. The summed E-state index contributed by atoms with van der Waals surface area (Å²) >= 11 is 5.35. The van der Waals surface area contributed by atoms with Crippen molar-refractivity contribution in [2.24, 2.45) is 0 Å². The number of H-pyrrole nitrogens is 1. The minimum absolute atomic E-state index is 0.191. The molecular weight excluding hydrogens is 336 g/mol. The molecule has 1 N–H and O–H groups in total. The van der Waals surface area contributed by atoms with Gasteiger partial charge in [0.25, 0.3) is 0 Å². The topological polar surface area (TPSA) is 63.1 Å². The van der Waals surface area contributed by atoms with Gasteiger partial charge in [-0.15, -0.1) is 0 Å². The van der Waals surface area contributed by atoms with Crippen LogP contribution in [0.4, 0.5) is 0 Å². The van der Waals surface area contributed by atoms with E-state index in [1.54, 1.807) is 7.11 Å². The summed E-state index contributed by atoms with van der Waals surface area (Å²) in [7, 11) is 1.64. The molecule has 0 spiro atoms. The summed E-state index contributed by atoms with van der Waals surface area (Å²) in [6.07, 6.45) is 3.83. The van der Waals surface area contributed by atoms with Crippen LogP contribution in [0.3, 0.4) is 0 Å². The molecule has 0 bridgehead atoms. The van der Waals surface area contributed by atoms with Gasteiger partial charge in [0.2, 0.25) is 5.91 Å². The molecule has 1 aromatic heterocycles. The number of nitrogens with zero attached hydrogens (tertiary/aromatic N) is 3. The van der Waals surface area contributed by atoms with Crippen molar-refractivity contribution >= 4 is 18.1 Å². The molecule has 2 heterocycles. The predicted molar refractivity (Wildman–Crippen MR) is 99.0 cm³/mol. The number of carbonyl (C=O) groups excluding carboxylic acids is 1. The first-order valence-electron chi connectivity index (χ1n) is 8.69. The molecule has 2 aromatic rings. The third kappa shape index (κ3) is 3.92. The number of aromatic amines is 1. The SMILES string of the molecule is COc1ccc(-c2n[nH]c(=S)n2CCC(=O)N2CCCCC2C)cc1. The van der Waals surface area contributed by atoms with E-state index in [1.165, 1.54) is 6.42 Å². The lowest BCUT2D eigenvalue weighted by Crippen LogP contribution is -2.42. The van der Waals surface area contributed by atoms with Gasteiger partial charge in [-0.3, -0.25) is 14.5 Å². The van der Waals surface area contributed by atoms with Crippen molar-refractivity contribution in [3.05, 3.63) is 29.0 Å². The Morgan fingerprint density at radius 3 is 2.80 bits per heavy atom. The van der Waals surface area contributed by atoms with Crippen molar-refractivity contribution in [1.29, 1.82) is 0 Å². The zero-order valence-corrected chi connectivity index (χ0v) is 15.5. The van der Waals surface area contributed by atoms with Gasteiger partial charge in [0.05, 0.1) is 7.11 Å². The van der Waals surface area contributed by atoms with E-state index >= 15 is 0 Å². The number of aromatic nitrogens is 3. The fraction of sp³-hybridized carbons (Fsp3) is 0.500. The second-order valence-corrected chi connectivity index (χ2v) is 6.80. The molecule has 1 aromatic carbocycles. The Bertz CT molecular complexity index is 781. The highest BCUT2D eigenvalue weighted by molar-refractivity contribution is 7.71. The normalized spacial score (nSPS) is 17.5. The Balaban J connectivity index is 1.73. The summed E-state index contributed by atoms with van der Waals surface area (Å²) in [6.45, 7) is 3.52. The van der Waals surface area contributed by atoms with Crippen LogP contribution in [-0.4, -0.2) is 45.3 Å². The first kappa shape index (κ1) is 17.7. The molecule has 0 saturated carbocycles. The number of methoxy groups -OCH3 is 1. The largest absolute Gasteiger partial charge is 0.497 e. The van der Waals surface area contributed by atoms with Crippen molar-refractivity contribution in [3.8, 4) is 17.1 Å². The van der Waals surface area contributed by atoms with Gasteiger partial charge in [0.1, 0.15) is 5.75 Å². The molecule has 1 saturated heterocycles. The lowest BCUT2D eigenvalue weighted by molar-refractivity contribution is -0.134. The second-order valence-electron chi connectivity index (χ2n) is 6.41. The van der Waals surface area contributed by atoms with E-state index in [1.807, 2.05) is 33.7 Å². The van der Waals surface area contributed by atoms with Crippen LogP contribution in [0.15, 0.2) is 24.3 Å². The van der Waals surface area contributed by atoms with Crippen LogP contribution in [0.5, 0.6) is 5.75 Å². The molecule has 1 atom stereocenters. The van der Waals surface area contributed by atoms with Gasteiger partial charge in [0, 0.05) is 31.1 Å². The quantitative estimate of drug-likeness (QED) is 0.830. The van der Waals surface area contributed by atoms with Crippen molar-refractivity contribution in [1.82, 2.24) is 19.7 Å². The molecule has 0 radical (unpaired) electrons. The standard InChI is InChI=1S/C18H24N4O2S/c1-13-5-3-4-11-21(13)16(23)10-12-22-17(19-20-18(22)25)14-6-8-15(24-2)9-7-14/h6-9,13H,3-5,10-12H2,1-2H3,(H,20,25). The first-order chi connectivity index (χ1) is 12.1. The maximum absolute atomic E-state index is 12.6. The maximum Gasteiger partial charge on any atom is 0.224 e. The smallest absolute Gasteiger partial charge is 0.224 e. The Hall–Kier alpha value is -2.15. The predicted octanol–water partition coefficient (Wildman–Crippen LogP) is 3.41. The molecule has 0 aliphatic carbocycles. The first-order valence-corrected chi connectivity index (χ1v) is 9.10. The van der Waals surface area contributed by atoms with Gasteiger partial charge in [-0.2, -0.15) is 5.10 Å². The summed E-state index contributed by atoms with van der Waals surface area (Å²) in [5.41, 5.74) is 0.937. The Kier molecular flexibility index (Phi) is 5.53. The highest BCUT2D eigenvalue weighted by Gasteiger charge is 2.23. The molecule has 3 rings (SSSR count). The maximum atomic E-state index is 12.6. The summed E-state index contributed by atoms with van der Waals surface area (Å²) in [6, 6.07) is 7.99. The highest BCUT2D eigenvalue weighted by Crippen LogP contribution is 2.22. The lowest BCUT2D eigenvalue weighted by Gasteiger charge is -2.33. The number of nitrogens with one attached hydrogen (secondary N) is 1. The van der Waals surface area contributed by atoms with Crippen LogP contribution in [0, 0.1) is 4.77 Å². The van der Waals surface area contributed by atoms with Crippen molar-refractivity contribution in [2.45, 2.75) is 45.2 Å². The lowest BCUT2D eigenvalue weighted by atomic mass is 10.0. The number of amides is 1. The summed E-state index contributed by atoms with van der Waals surface area (Å²) in [5, 5.41) is 7.16. The third-order valence-corrected chi connectivity index (χ3v) is 5.09. The minimum atomic E-state index is 0.191. The Labute approximate surface area is 152 Å². The van der Waals surface area contributed by atoms with Crippen LogP contribution in [-0.2, 0) is 11.3 Å². The minimum Gasteiger partial charge on any atom is -0.497 e. The van der Waals surface area contributed by atoms with Crippen LogP contribution in [0.25, 0.3) is 11.4 Å². The van der Waals surface area contributed by atoms with Gasteiger partial charge in [-0.1, -0.05) is 0 Å². The van der Waals surface area contributed by atoms with E-state index in [-0.39, 0.29) is 5.91 Å². The van der Waals surface area contributed by atoms with Gasteiger partial charge < -0.3 is 9.64 Å². The number of rotatable bonds is 5. The molecule has 1 unspecified atom stereocenters. The van der Waals surface area contributed by atoms with E-state index in [0.29, 0.717) is 23.8 Å². The van der Waals surface area contributed by atoms with Crippen molar-refractivity contribution in [2.75, 3.05) is 13.7 Å². The van der Waals surface area contributed by atoms with Gasteiger partial charge in [0.15, 0.2) is 10.6 Å². The number of carbonyl (C=O) groups is 1. The van der Waals surface area contributed by atoms with Crippen LogP contribution in [0.2, 0.25) is 0 Å². The number of ether oxygens (including phenoxy) is 1. The monoisotopic (exact) mass is 360 g/mol. The summed E-state index contributed by atoms with van der Waals surface area (Å²) in [5.74, 6) is 1.72. The van der Waals surface area contributed by atoms with Crippen LogP contribution >= 0.6 is 12.2 Å². The molecule has 1 aliphatic rings. The molecule has 25 heavy (non-hydrogen) atoms. The zero-order valence-electron chi connectivity index (χ0n) is 14.7. The van der Waals surface area contributed by atoms with E-state index < -0.39 is 0 Å². The Morgan fingerprint density at radius 2 is 2.12 bits per heavy atom. The summed E-state index contributed by atoms with van der Waals surface area (Å²) in [4.78, 5) is 14.6. The van der Waals surface area contributed by atoms with E-state index in [0.717, 1.165) is 36.5 Å². The summed E-state index contributed by atoms with van der Waals surface area (Å²) < 4.78 is 7.62. The molecule has 1 amide bonds. The van der Waals surface area contributed by atoms with Gasteiger partial charge in [-0.05, 0) is 62.7 Å². The molecule has 1 aliphatic heterocycles. The molecular formula is C18H24N4O2S. The van der Waals surface area contributed by atoms with E-state index in [2.05, 4.69) is 17.1 Å². The van der Waals surface area contributed by atoms with Crippen molar-refractivity contribution < 1.29 is 9.53 Å². The number of hydrogen-bond donors (Lipinski definition) is 1. The average molecular weight is 360 g/mol. The number of piperidine rings is 1. The van der Waals surface area contributed by atoms with Gasteiger partial charge in [-0.25, -0.2) is 0 Å². The average Bonchev–Trinajstić information content (AvgIpc) is 3.00. The second kappa shape index (κ2) is 7.82. The fourth-order valence-corrected chi connectivity index (χ4v) is 3.53. The van der Waals surface area contributed by atoms with E-state index in [4.69, 9.17) is 17.0 Å². The number of likely N-dealkylation sites (tertiary alicyclic amines) is 1. The number of benzene rings is 1.